The molecular formula is H6BLiNdO3Sr. The summed E-state index contributed by atoms with van der Waals surface area (Å²) in [5, 5.41) is 21.5. The third-order valence-electron chi connectivity index (χ3n) is 0. The van der Waals surface area contributed by atoms with E-state index in [1.54, 1.807) is 0 Å². The molecule has 0 aliphatic heterocycles. The van der Waals surface area contributed by atoms with Crippen molar-refractivity contribution in [1.82, 2.24) is 0 Å². The second-order valence-electron chi connectivity index (χ2n) is 0.346. The molecule has 0 aromatic heterocycles. The molecular weight excluding hydrogens is 298 g/mol. The first-order valence-corrected chi connectivity index (χ1v) is 0.775. The average Bonchev–Trinajstić information content (AvgIpc) is 0.811. The first-order chi connectivity index (χ1) is 1.73. The minimum absolute atomic E-state index is 0. The molecule has 7 heteroatoms. The molecule has 0 saturated heterocycles. The molecule has 0 bridgehead atoms. The zero-order chi connectivity index (χ0) is 3.58. The van der Waals surface area contributed by atoms with Gasteiger partial charge in [-0.05, 0) is 0 Å². The molecule has 0 saturated carbocycles. The van der Waals surface area contributed by atoms with Crippen molar-refractivity contribution in [3.05, 3.63) is 0 Å². The molecule has 7 heavy (non-hydrogen) atoms. The van der Waals surface area contributed by atoms with Crippen molar-refractivity contribution >= 4 is 71.7 Å². The average molecular weight is 304 g/mol. The van der Waals surface area contributed by atoms with Crippen LogP contribution in [0.1, 0.15) is 0 Å². The summed E-state index contributed by atoms with van der Waals surface area (Å²) in [4.78, 5) is 0. The monoisotopic (exact) mass is 302 g/mol. The molecule has 3 N–H and O–H groups in total. The molecule has 0 aliphatic rings. The third-order valence-corrected chi connectivity index (χ3v) is 0. The van der Waals surface area contributed by atoms with Crippen LogP contribution in [0.5, 0.6) is 0 Å². The topological polar surface area (TPSA) is 60.7 Å². The molecule has 0 heterocycles. The molecule has 0 fully saturated rings. The fourth-order valence-electron chi connectivity index (χ4n) is 0. The van der Waals surface area contributed by atoms with E-state index >= 15 is 0 Å². The van der Waals surface area contributed by atoms with Gasteiger partial charge in [0, 0.05) is 40.8 Å². The number of hydrogen-bond donors (Lipinski definition) is 3. The Morgan fingerprint density at radius 3 is 1.00 bits per heavy atom. The summed E-state index contributed by atoms with van der Waals surface area (Å²) in [5.74, 6) is 0. The molecule has 0 aromatic carbocycles. The summed E-state index contributed by atoms with van der Waals surface area (Å²) in [6, 6.07) is 0. The summed E-state index contributed by atoms with van der Waals surface area (Å²) in [6.07, 6.45) is 0. The van der Waals surface area contributed by atoms with Crippen molar-refractivity contribution < 1.29 is 55.9 Å². The van der Waals surface area contributed by atoms with Crippen LogP contribution in [0, 0.1) is 40.8 Å². The predicted octanol–water partition coefficient (Wildman–Crippen LogP) is -3.62. The van der Waals surface area contributed by atoms with E-state index in [1.807, 2.05) is 0 Å². The van der Waals surface area contributed by atoms with Crippen LogP contribution in [-0.4, -0.2) is 86.7 Å². The van der Waals surface area contributed by atoms with Crippen LogP contribution < -0.4 is 0 Å². The fraction of sp³-hybridized carbons (Fsp3) is 0. The van der Waals surface area contributed by atoms with E-state index in [0.29, 0.717) is 0 Å². The standard InChI is InChI=1S/BH3O3.Li.Nd.Sr.3H/c2-1(3)4;;;;;;/h2-4H;;;;;;. The first-order valence-electron chi connectivity index (χ1n) is 0.775. The molecule has 0 spiro atoms. The van der Waals surface area contributed by atoms with E-state index in [1.165, 1.54) is 0 Å². The minimum atomic E-state index is -2.17. The second-order valence-corrected chi connectivity index (χ2v) is 0.346. The van der Waals surface area contributed by atoms with Gasteiger partial charge in [-0.2, -0.15) is 0 Å². The zero-order valence-electron chi connectivity index (χ0n) is 2.42. The molecule has 3 nitrogen and oxygen atoms in total. The van der Waals surface area contributed by atoms with Gasteiger partial charge >= 0.3 is 71.7 Å². The van der Waals surface area contributed by atoms with Gasteiger partial charge < -0.3 is 15.1 Å². The molecule has 0 rings (SSSR count). The van der Waals surface area contributed by atoms with Gasteiger partial charge in [0.2, 0.25) is 0 Å². The molecule has 0 atom stereocenters. The van der Waals surface area contributed by atoms with Gasteiger partial charge in [0.1, 0.15) is 0 Å². The van der Waals surface area contributed by atoms with Crippen LogP contribution in [0.15, 0.2) is 0 Å². The van der Waals surface area contributed by atoms with Crippen LogP contribution in [0.4, 0.5) is 0 Å². The Hall–Kier alpha value is 3.37. The summed E-state index contributed by atoms with van der Waals surface area (Å²) in [7, 11) is -2.17. The predicted molar refractivity (Wildman–Crippen MR) is 28.1 cm³/mol. The van der Waals surface area contributed by atoms with Crippen molar-refractivity contribution in [2.45, 2.75) is 0 Å². The second kappa shape index (κ2) is 16.2. The Morgan fingerprint density at radius 1 is 1.00 bits per heavy atom. The van der Waals surface area contributed by atoms with Gasteiger partial charge in [-0.15, -0.1) is 0 Å². The Labute approximate surface area is 124 Å². The van der Waals surface area contributed by atoms with Crippen molar-refractivity contribution in [2.75, 3.05) is 0 Å². The summed E-state index contributed by atoms with van der Waals surface area (Å²) in [5.41, 5.74) is 0. The third kappa shape index (κ3) is 44.8. The SMILES string of the molecule is OB(O)O.[LiH].[Nd].[SrH2]. The quantitative estimate of drug-likeness (QED) is 0.405. The van der Waals surface area contributed by atoms with Gasteiger partial charge in [0.25, 0.3) is 0 Å². The first kappa shape index (κ1) is 22.4. The van der Waals surface area contributed by atoms with Gasteiger partial charge in [-0.3, -0.25) is 0 Å². The summed E-state index contributed by atoms with van der Waals surface area (Å²) >= 11 is 0. The van der Waals surface area contributed by atoms with Crippen molar-refractivity contribution in [2.24, 2.45) is 0 Å². The maximum atomic E-state index is 7.17. The Bertz CT molecular complexity index is 19.7. The Balaban J connectivity index is -0.0000000150. The normalized spacial score (nSPS) is 3.86. The molecule has 0 amide bonds. The Morgan fingerprint density at radius 2 is 1.00 bits per heavy atom. The van der Waals surface area contributed by atoms with Crippen LogP contribution in [0.25, 0.3) is 0 Å². The van der Waals surface area contributed by atoms with Crippen molar-refractivity contribution in [3.63, 3.8) is 0 Å². The van der Waals surface area contributed by atoms with E-state index in [-0.39, 0.29) is 105 Å². The van der Waals surface area contributed by atoms with Crippen LogP contribution >= 0.6 is 0 Å². The fourth-order valence-corrected chi connectivity index (χ4v) is 0. The maximum absolute atomic E-state index is 7.17. The van der Waals surface area contributed by atoms with E-state index in [2.05, 4.69) is 0 Å². The number of rotatable bonds is 0. The Kier molecular flexibility index (Phi) is 51.9. The zero-order valence-corrected chi connectivity index (χ0v) is 5.63. The number of hydrogen-bond acceptors (Lipinski definition) is 3. The van der Waals surface area contributed by atoms with Crippen LogP contribution in [0.3, 0.4) is 0 Å². The van der Waals surface area contributed by atoms with Crippen LogP contribution in [0.2, 0.25) is 0 Å². The van der Waals surface area contributed by atoms with Crippen LogP contribution in [-0.2, 0) is 0 Å². The van der Waals surface area contributed by atoms with E-state index in [0.717, 1.165) is 0 Å². The van der Waals surface area contributed by atoms with Gasteiger partial charge in [-0.1, -0.05) is 0 Å². The van der Waals surface area contributed by atoms with E-state index in [4.69, 9.17) is 15.1 Å². The van der Waals surface area contributed by atoms with E-state index < -0.39 is 7.32 Å². The molecule has 0 unspecified atom stereocenters. The molecule has 0 aliphatic carbocycles. The molecule has 0 radical (unpaired) electrons. The molecule has 34 valence electrons. The van der Waals surface area contributed by atoms with Gasteiger partial charge in [0.15, 0.2) is 0 Å². The van der Waals surface area contributed by atoms with Gasteiger partial charge in [0.05, 0.1) is 0 Å². The molecule has 0 aromatic rings. The van der Waals surface area contributed by atoms with Gasteiger partial charge in [-0.25, -0.2) is 0 Å². The van der Waals surface area contributed by atoms with E-state index in [9.17, 15) is 0 Å². The van der Waals surface area contributed by atoms with Crippen molar-refractivity contribution in [3.8, 4) is 0 Å². The summed E-state index contributed by atoms with van der Waals surface area (Å²) < 4.78 is 0. The summed E-state index contributed by atoms with van der Waals surface area (Å²) in [6.45, 7) is 0. The van der Waals surface area contributed by atoms with Crippen molar-refractivity contribution in [1.29, 1.82) is 0 Å².